The molecule has 0 saturated heterocycles. The zero-order chi connectivity index (χ0) is 15.9. The van der Waals surface area contributed by atoms with Crippen molar-refractivity contribution >= 4 is 11.9 Å². The maximum atomic E-state index is 12.6. The molecule has 0 bridgehead atoms. The van der Waals surface area contributed by atoms with Crippen molar-refractivity contribution in [1.82, 2.24) is 16.0 Å². The lowest BCUT2D eigenvalue weighted by Gasteiger charge is -2.30. The van der Waals surface area contributed by atoms with Crippen molar-refractivity contribution in [3.8, 4) is 0 Å². The fourth-order valence-corrected chi connectivity index (χ4v) is 2.34. The average Bonchev–Trinajstić information content (AvgIpc) is 2.42. The third kappa shape index (κ3) is 6.68. The molecule has 2 unspecified atom stereocenters. The van der Waals surface area contributed by atoms with Crippen molar-refractivity contribution in [3.05, 3.63) is 0 Å². The molecule has 0 heterocycles. The first-order chi connectivity index (χ1) is 9.82. The summed E-state index contributed by atoms with van der Waals surface area (Å²) in [7, 11) is 0. The van der Waals surface area contributed by atoms with Crippen LogP contribution in [0.25, 0.3) is 0 Å². The minimum atomic E-state index is -4.21. The van der Waals surface area contributed by atoms with Gasteiger partial charge in [0.1, 0.15) is 0 Å². The van der Waals surface area contributed by atoms with E-state index in [1.807, 2.05) is 6.92 Å². The summed E-state index contributed by atoms with van der Waals surface area (Å²) in [6.07, 6.45) is -2.44. The van der Waals surface area contributed by atoms with E-state index < -0.39 is 24.2 Å². The van der Waals surface area contributed by atoms with Crippen LogP contribution in [0.1, 0.15) is 39.0 Å². The quantitative estimate of drug-likeness (QED) is 0.726. The second-order valence-corrected chi connectivity index (χ2v) is 5.28. The summed E-state index contributed by atoms with van der Waals surface area (Å²) in [5.74, 6) is -1.67. The van der Waals surface area contributed by atoms with Crippen LogP contribution in [0.2, 0.25) is 0 Å². The molecule has 3 N–H and O–H groups in total. The molecule has 0 spiro atoms. The molecule has 1 rings (SSSR count). The monoisotopic (exact) mass is 309 g/mol. The van der Waals surface area contributed by atoms with Gasteiger partial charge in [-0.1, -0.05) is 13.3 Å². The SMILES string of the molecule is CCCNC(=O)CNC(=O)NC1CCCC(C(F)(F)F)C1. The number of carbonyl (C=O) groups is 2. The molecule has 0 aromatic heterocycles. The van der Waals surface area contributed by atoms with Gasteiger partial charge in [0.25, 0.3) is 0 Å². The van der Waals surface area contributed by atoms with E-state index in [9.17, 15) is 22.8 Å². The van der Waals surface area contributed by atoms with Crippen molar-refractivity contribution in [2.45, 2.75) is 51.2 Å². The smallest absolute Gasteiger partial charge is 0.355 e. The van der Waals surface area contributed by atoms with Crippen LogP contribution < -0.4 is 16.0 Å². The minimum absolute atomic E-state index is 0.0983. The van der Waals surface area contributed by atoms with Crippen molar-refractivity contribution in [2.75, 3.05) is 13.1 Å². The Labute approximate surface area is 122 Å². The Morgan fingerprint density at radius 1 is 1.19 bits per heavy atom. The Morgan fingerprint density at radius 2 is 1.90 bits per heavy atom. The van der Waals surface area contributed by atoms with Crippen LogP contribution in [-0.4, -0.2) is 37.2 Å². The molecule has 1 fully saturated rings. The molecule has 3 amide bonds. The third-order valence-corrected chi connectivity index (χ3v) is 3.45. The summed E-state index contributed by atoms with van der Waals surface area (Å²) in [6, 6.07) is -1.10. The van der Waals surface area contributed by atoms with Crippen LogP contribution in [0.15, 0.2) is 0 Å². The Morgan fingerprint density at radius 3 is 2.52 bits per heavy atom. The molecular weight excluding hydrogens is 287 g/mol. The zero-order valence-corrected chi connectivity index (χ0v) is 12.1. The van der Waals surface area contributed by atoms with Crippen LogP contribution in [0.3, 0.4) is 0 Å². The van der Waals surface area contributed by atoms with E-state index in [1.54, 1.807) is 0 Å². The fraction of sp³-hybridized carbons (Fsp3) is 0.846. The zero-order valence-electron chi connectivity index (χ0n) is 12.1. The summed E-state index contributed by atoms with van der Waals surface area (Å²) >= 11 is 0. The number of nitrogens with one attached hydrogen (secondary N) is 3. The summed E-state index contributed by atoms with van der Waals surface area (Å²) in [4.78, 5) is 22.8. The van der Waals surface area contributed by atoms with Gasteiger partial charge in [0.2, 0.25) is 5.91 Å². The van der Waals surface area contributed by atoms with E-state index in [0.717, 1.165) is 6.42 Å². The second-order valence-electron chi connectivity index (χ2n) is 5.28. The van der Waals surface area contributed by atoms with Crippen molar-refractivity contribution < 1.29 is 22.8 Å². The predicted octanol–water partition coefficient (Wildman–Crippen LogP) is 1.93. The minimum Gasteiger partial charge on any atom is -0.355 e. The topological polar surface area (TPSA) is 70.2 Å². The number of hydrogen-bond acceptors (Lipinski definition) is 2. The molecule has 21 heavy (non-hydrogen) atoms. The summed E-state index contributed by atoms with van der Waals surface area (Å²) in [5.41, 5.74) is 0. The molecule has 0 radical (unpaired) electrons. The fourth-order valence-electron chi connectivity index (χ4n) is 2.34. The van der Waals surface area contributed by atoms with E-state index in [2.05, 4.69) is 16.0 Å². The van der Waals surface area contributed by atoms with E-state index >= 15 is 0 Å². The molecule has 2 atom stereocenters. The number of urea groups is 1. The Hall–Kier alpha value is -1.47. The maximum Gasteiger partial charge on any atom is 0.391 e. The Kier molecular flexibility index (Phi) is 6.77. The first kappa shape index (κ1) is 17.6. The number of hydrogen-bond donors (Lipinski definition) is 3. The molecular formula is C13H22F3N3O2. The van der Waals surface area contributed by atoms with E-state index in [0.29, 0.717) is 19.4 Å². The highest BCUT2D eigenvalue weighted by molar-refractivity contribution is 5.83. The molecule has 0 aliphatic heterocycles. The molecule has 1 aliphatic carbocycles. The van der Waals surface area contributed by atoms with Gasteiger partial charge in [0, 0.05) is 12.6 Å². The van der Waals surface area contributed by atoms with Crippen molar-refractivity contribution in [1.29, 1.82) is 0 Å². The van der Waals surface area contributed by atoms with Gasteiger partial charge >= 0.3 is 12.2 Å². The number of rotatable bonds is 5. The molecule has 122 valence electrons. The lowest BCUT2D eigenvalue weighted by molar-refractivity contribution is -0.183. The first-order valence-electron chi connectivity index (χ1n) is 7.20. The molecule has 1 saturated carbocycles. The highest BCUT2D eigenvalue weighted by atomic mass is 19.4. The molecule has 0 aromatic rings. The van der Waals surface area contributed by atoms with Crippen LogP contribution in [0, 0.1) is 5.92 Å². The van der Waals surface area contributed by atoms with Gasteiger partial charge in [0.15, 0.2) is 0 Å². The van der Waals surface area contributed by atoms with Gasteiger partial charge in [-0.3, -0.25) is 4.79 Å². The van der Waals surface area contributed by atoms with E-state index in [-0.39, 0.29) is 25.3 Å². The van der Waals surface area contributed by atoms with Gasteiger partial charge < -0.3 is 16.0 Å². The summed E-state index contributed by atoms with van der Waals surface area (Å²) < 4.78 is 37.9. The maximum absolute atomic E-state index is 12.6. The predicted molar refractivity (Wildman–Crippen MR) is 71.6 cm³/mol. The number of carbonyl (C=O) groups excluding carboxylic acids is 2. The normalized spacial score (nSPS) is 22.5. The van der Waals surface area contributed by atoms with Gasteiger partial charge in [0.05, 0.1) is 12.5 Å². The van der Waals surface area contributed by atoms with Crippen LogP contribution in [0.5, 0.6) is 0 Å². The number of halogens is 3. The van der Waals surface area contributed by atoms with Gasteiger partial charge in [-0.15, -0.1) is 0 Å². The Bertz CT molecular complexity index is 361. The van der Waals surface area contributed by atoms with Crippen LogP contribution in [0.4, 0.5) is 18.0 Å². The molecule has 1 aliphatic rings. The van der Waals surface area contributed by atoms with Gasteiger partial charge in [-0.05, 0) is 25.7 Å². The van der Waals surface area contributed by atoms with Crippen LogP contribution in [-0.2, 0) is 4.79 Å². The summed E-state index contributed by atoms with van der Waals surface area (Å²) in [6.45, 7) is 2.25. The first-order valence-corrected chi connectivity index (χ1v) is 7.20. The summed E-state index contributed by atoms with van der Waals surface area (Å²) in [5, 5.41) is 7.44. The van der Waals surface area contributed by atoms with Crippen LogP contribution >= 0.6 is 0 Å². The molecule has 8 heteroatoms. The number of amides is 3. The van der Waals surface area contributed by atoms with Gasteiger partial charge in [-0.25, -0.2) is 4.79 Å². The van der Waals surface area contributed by atoms with E-state index in [1.165, 1.54) is 0 Å². The molecule has 5 nitrogen and oxygen atoms in total. The molecule has 0 aromatic carbocycles. The lowest BCUT2D eigenvalue weighted by Crippen LogP contribution is -2.48. The Balaban J connectivity index is 2.29. The average molecular weight is 309 g/mol. The standard InChI is InChI=1S/C13H22F3N3O2/c1-2-6-17-11(20)8-18-12(21)19-10-5-3-4-9(7-10)13(14,15)16/h9-10H,2-8H2,1H3,(H,17,20)(H2,18,19,21). The van der Waals surface area contributed by atoms with Gasteiger partial charge in [-0.2, -0.15) is 13.2 Å². The van der Waals surface area contributed by atoms with E-state index in [4.69, 9.17) is 0 Å². The second kappa shape index (κ2) is 8.09. The highest BCUT2D eigenvalue weighted by Crippen LogP contribution is 2.37. The highest BCUT2D eigenvalue weighted by Gasteiger charge is 2.42. The van der Waals surface area contributed by atoms with Crippen molar-refractivity contribution in [3.63, 3.8) is 0 Å². The lowest BCUT2D eigenvalue weighted by atomic mass is 9.85. The van der Waals surface area contributed by atoms with Crippen molar-refractivity contribution in [2.24, 2.45) is 5.92 Å². The largest absolute Gasteiger partial charge is 0.391 e. The third-order valence-electron chi connectivity index (χ3n) is 3.45. The number of alkyl halides is 3.